The first-order valence-corrected chi connectivity index (χ1v) is 9.51. The van der Waals surface area contributed by atoms with Crippen molar-refractivity contribution >= 4 is 30.5 Å². The Bertz CT molecular complexity index is 767. The van der Waals surface area contributed by atoms with E-state index in [1.165, 1.54) is 7.11 Å². The summed E-state index contributed by atoms with van der Waals surface area (Å²) in [5, 5.41) is 3.10. The Kier molecular flexibility index (Phi) is 7.16. The quantitative estimate of drug-likeness (QED) is 0.278. The molecule has 0 bridgehead atoms. The van der Waals surface area contributed by atoms with E-state index in [9.17, 15) is 9.46 Å². The minimum Gasteiger partial charge on any atom is -0.383 e. The maximum absolute atomic E-state index is 12.3. The summed E-state index contributed by atoms with van der Waals surface area (Å²) in [7, 11) is -2.55. The van der Waals surface area contributed by atoms with Gasteiger partial charge in [-0.1, -0.05) is 17.7 Å². The Labute approximate surface area is 150 Å². The Morgan fingerprint density at radius 2 is 2.32 bits per heavy atom. The third-order valence-corrected chi connectivity index (χ3v) is 4.83. The third kappa shape index (κ3) is 5.39. The highest BCUT2D eigenvalue weighted by atomic mass is 35.5. The summed E-state index contributed by atoms with van der Waals surface area (Å²) in [5.74, 6) is 0. The van der Waals surface area contributed by atoms with Crippen LogP contribution < -0.4 is 5.32 Å². The van der Waals surface area contributed by atoms with Gasteiger partial charge in [0.2, 0.25) is 5.58 Å². The highest BCUT2D eigenvalue weighted by Gasteiger charge is 2.27. The molecule has 0 amide bonds. The molecule has 2 rings (SSSR count). The van der Waals surface area contributed by atoms with Crippen LogP contribution in [0, 0.1) is 0 Å². The number of aromatic nitrogens is 2. The van der Waals surface area contributed by atoms with Crippen molar-refractivity contribution in [2.24, 2.45) is 4.99 Å². The lowest BCUT2D eigenvalue weighted by atomic mass is 10.1. The van der Waals surface area contributed by atoms with Gasteiger partial charge in [-0.25, -0.2) is 9.98 Å². The molecule has 0 saturated heterocycles. The van der Waals surface area contributed by atoms with Crippen LogP contribution in [0.3, 0.4) is 0 Å². The number of methoxy groups -OCH3 is 1. The van der Waals surface area contributed by atoms with Gasteiger partial charge in [0.15, 0.2) is 0 Å². The van der Waals surface area contributed by atoms with Gasteiger partial charge in [0, 0.05) is 25.4 Å². The normalized spacial score (nSPS) is 14.3. The topological polar surface area (TPSA) is 109 Å². The number of halogens is 1. The molecule has 0 aliphatic rings. The number of imidazole rings is 1. The molecule has 0 spiro atoms. The first kappa shape index (κ1) is 19.6. The molecule has 0 aliphatic carbocycles. The van der Waals surface area contributed by atoms with Gasteiger partial charge in [0.1, 0.15) is 0 Å². The largest absolute Gasteiger partial charge is 0.393 e. The molecule has 136 valence electrons. The molecule has 1 aromatic carbocycles. The zero-order chi connectivity index (χ0) is 18.3. The van der Waals surface area contributed by atoms with Gasteiger partial charge in [0.05, 0.1) is 35.9 Å². The second kappa shape index (κ2) is 9.12. The van der Waals surface area contributed by atoms with Crippen molar-refractivity contribution in [2.45, 2.75) is 6.92 Å². The molecule has 0 aliphatic heterocycles. The minimum atomic E-state index is -4.08. The first-order chi connectivity index (χ1) is 12.0. The van der Waals surface area contributed by atoms with Crippen LogP contribution in [0.4, 0.5) is 5.69 Å². The molecule has 0 saturated carbocycles. The van der Waals surface area contributed by atoms with Gasteiger partial charge in [-0.3, -0.25) is 4.57 Å². The second-order valence-corrected chi connectivity index (χ2v) is 7.04. The highest BCUT2D eigenvalue weighted by molar-refractivity contribution is 7.71. The molecule has 1 heterocycles. The fourth-order valence-electron chi connectivity index (χ4n) is 1.99. The van der Waals surface area contributed by atoms with Crippen molar-refractivity contribution in [3.05, 3.63) is 35.7 Å². The third-order valence-electron chi connectivity index (χ3n) is 3.13. The van der Waals surface area contributed by atoms with Gasteiger partial charge in [0.25, 0.3) is 0 Å². The lowest BCUT2D eigenvalue weighted by Gasteiger charge is -2.15. The predicted molar refractivity (Wildman–Crippen MR) is 97.5 cm³/mol. The van der Waals surface area contributed by atoms with Crippen molar-refractivity contribution < 1.29 is 18.7 Å². The van der Waals surface area contributed by atoms with Gasteiger partial charge >= 0.3 is 7.60 Å². The summed E-state index contributed by atoms with van der Waals surface area (Å²) in [6.45, 7) is 2.35. The average Bonchev–Trinajstić information content (AvgIpc) is 3.10. The van der Waals surface area contributed by atoms with E-state index in [1.807, 2.05) is 0 Å². The fourth-order valence-corrected chi connectivity index (χ4v) is 3.23. The first-order valence-electron chi connectivity index (χ1n) is 7.56. The number of benzene rings is 1. The van der Waals surface area contributed by atoms with E-state index in [-0.39, 0.29) is 12.2 Å². The highest BCUT2D eigenvalue weighted by Crippen LogP contribution is 2.44. The molecule has 1 unspecified atom stereocenters. The summed E-state index contributed by atoms with van der Waals surface area (Å²) in [4.78, 5) is 21.3. The van der Waals surface area contributed by atoms with Gasteiger partial charge in [-0.15, -0.1) is 0 Å². The van der Waals surface area contributed by atoms with Gasteiger partial charge < -0.3 is 24.5 Å². The monoisotopic (exact) mass is 386 g/mol. The van der Waals surface area contributed by atoms with Crippen LogP contribution >= 0.6 is 19.2 Å². The Hall–Kier alpha value is -1.70. The van der Waals surface area contributed by atoms with E-state index in [4.69, 9.17) is 20.9 Å². The average molecular weight is 387 g/mol. The van der Waals surface area contributed by atoms with Crippen LogP contribution in [-0.4, -0.2) is 47.3 Å². The summed E-state index contributed by atoms with van der Waals surface area (Å²) in [6.07, 6.45) is 3.31. The van der Waals surface area contributed by atoms with Crippen LogP contribution in [-0.2, 0) is 13.8 Å². The smallest absolute Gasteiger partial charge is 0.383 e. The van der Waals surface area contributed by atoms with E-state index in [2.05, 4.69) is 20.3 Å². The molecule has 0 fully saturated rings. The molecule has 0 radical (unpaired) electrons. The summed E-state index contributed by atoms with van der Waals surface area (Å²) < 4.78 is 22.2. The number of hydrogen-bond donors (Lipinski definition) is 3. The molecular weight excluding hydrogens is 367 g/mol. The van der Waals surface area contributed by atoms with E-state index >= 15 is 0 Å². The van der Waals surface area contributed by atoms with Crippen LogP contribution in [0.5, 0.6) is 0 Å². The Morgan fingerprint density at radius 1 is 1.52 bits per heavy atom. The lowest BCUT2D eigenvalue weighted by molar-refractivity contribution is 0.204. The molecule has 3 N–H and O–H groups in total. The van der Waals surface area contributed by atoms with Crippen LogP contribution in [0.2, 0.25) is 5.02 Å². The maximum atomic E-state index is 12.3. The Morgan fingerprint density at radius 3 is 2.92 bits per heavy atom. The zero-order valence-electron chi connectivity index (χ0n) is 13.9. The number of aliphatic imine (C=N–C) groups is 1. The van der Waals surface area contributed by atoms with Gasteiger partial charge in [-0.2, -0.15) is 0 Å². The van der Waals surface area contributed by atoms with Crippen molar-refractivity contribution in [1.82, 2.24) is 15.3 Å². The number of rotatable bonds is 8. The summed E-state index contributed by atoms with van der Waals surface area (Å²) in [6, 6.07) is 5.11. The standard InChI is InChI=1S/C15H20ClN4O4P/c1-3-24-25(21,22)15(18-6-7-23-2)20-13-5-4-11(8-12(13)16)14-9-17-10-19-14/h4-5,8-10H,3,6-7H2,1-2H3,(H,17,19)(H,18,20)(H,21,22). The molecule has 1 atom stereocenters. The number of nitrogens with zero attached hydrogens (tertiary/aromatic N) is 2. The number of hydrogen-bond acceptors (Lipinski definition) is 5. The number of ether oxygens (including phenoxy) is 1. The molecule has 8 nitrogen and oxygen atoms in total. The molecule has 25 heavy (non-hydrogen) atoms. The van der Waals surface area contributed by atoms with Crippen molar-refractivity contribution in [2.75, 3.05) is 26.9 Å². The van der Waals surface area contributed by atoms with E-state index in [1.54, 1.807) is 37.6 Å². The van der Waals surface area contributed by atoms with Crippen LogP contribution in [0.1, 0.15) is 6.92 Å². The molecular formula is C15H20ClN4O4P. The van der Waals surface area contributed by atoms with Crippen LogP contribution in [0.15, 0.2) is 35.7 Å². The van der Waals surface area contributed by atoms with Gasteiger partial charge in [-0.05, 0) is 19.1 Å². The number of amidine groups is 1. The molecule has 10 heteroatoms. The summed E-state index contributed by atoms with van der Waals surface area (Å²) in [5.41, 5.74) is 1.70. The minimum absolute atomic E-state index is 0.0740. The van der Waals surface area contributed by atoms with Crippen LogP contribution in [0.25, 0.3) is 11.3 Å². The Balaban J connectivity index is 2.32. The lowest BCUT2D eigenvalue weighted by Crippen LogP contribution is -2.27. The van der Waals surface area contributed by atoms with Crippen molar-refractivity contribution in [3.8, 4) is 11.3 Å². The molecule has 1 aromatic heterocycles. The van der Waals surface area contributed by atoms with Crippen molar-refractivity contribution in [1.29, 1.82) is 0 Å². The molecule has 2 aromatic rings. The van der Waals surface area contributed by atoms with E-state index in [0.717, 1.165) is 11.3 Å². The maximum Gasteiger partial charge on any atom is 0.393 e. The van der Waals surface area contributed by atoms with E-state index in [0.29, 0.717) is 23.9 Å². The number of H-pyrrole nitrogens is 1. The SMILES string of the molecule is CCOP(=O)(O)C(=Nc1ccc(-c2c[nH]cn2)cc1Cl)NCCOC. The zero-order valence-corrected chi connectivity index (χ0v) is 15.5. The number of nitrogens with one attached hydrogen (secondary N) is 2. The van der Waals surface area contributed by atoms with Crippen molar-refractivity contribution in [3.63, 3.8) is 0 Å². The predicted octanol–water partition coefficient (Wildman–Crippen LogP) is 3.18. The number of aromatic amines is 1. The summed E-state index contributed by atoms with van der Waals surface area (Å²) >= 11 is 6.27. The van der Waals surface area contributed by atoms with E-state index < -0.39 is 7.60 Å². The second-order valence-electron chi connectivity index (χ2n) is 4.91. The fraction of sp³-hybridized carbons (Fsp3) is 0.333.